The molecule has 11 unspecified atom stereocenters. The maximum atomic E-state index is 12.4. The van der Waals surface area contributed by atoms with E-state index in [0.29, 0.717) is 29.6 Å². The van der Waals surface area contributed by atoms with Gasteiger partial charge in [-0.3, -0.25) is 9.59 Å². The predicted molar refractivity (Wildman–Crippen MR) is 114 cm³/mol. The summed E-state index contributed by atoms with van der Waals surface area (Å²) in [5.74, 6) is 1.25. The molecule has 1 aromatic carbocycles. The van der Waals surface area contributed by atoms with E-state index in [9.17, 15) is 19.8 Å². The van der Waals surface area contributed by atoms with Crippen molar-refractivity contribution < 1.29 is 19.8 Å². The van der Waals surface area contributed by atoms with Gasteiger partial charge in [-0.05, 0) is 90.9 Å². The third kappa shape index (κ3) is 2.93. The third-order valence-corrected chi connectivity index (χ3v) is 9.74. The second-order valence-corrected chi connectivity index (χ2v) is 10.8. The second kappa shape index (κ2) is 7.39. The van der Waals surface area contributed by atoms with Crippen molar-refractivity contribution in [2.75, 3.05) is 0 Å². The van der Waals surface area contributed by atoms with Gasteiger partial charge in [0.2, 0.25) is 0 Å². The molecule has 162 valence electrons. The Morgan fingerprint density at radius 3 is 2.17 bits per heavy atom. The first-order valence-corrected chi connectivity index (χ1v) is 11.9. The smallest absolute Gasteiger partial charge is 0.307 e. The number of benzene rings is 1. The molecular formula is C26H34O4. The van der Waals surface area contributed by atoms with Gasteiger partial charge in [-0.25, -0.2) is 0 Å². The van der Waals surface area contributed by atoms with Gasteiger partial charge >= 0.3 is 11.9 Å². The number of aliphatic carboxylic acids is 2. The maximum absolute atomic E-state index is 12.4. The zero-order valence-corrected chi connectivity index (χ0v) is 18.0. The van der Waals surface area contributed by atoms with Gasteiger partial charge in [-0.1, -0.05) is 44.2 Å². The zero-order valence-electron chi connectivity index (χ0n) is 18.0. The van der Waals surface area contributed by atoms with E-state index in [1.807, 2.05) is 6.07 Å². The number of carbonyl (C=O) groups is 2. The van der Waals surface area contributed by atoms with E-state index in [4.69, 9.17) is 0 Å². The summed E-state index contributed by atoms with van der Waals surface area (Å²) in [6, 6.07) is 10.5. The van der Waals surface area contributed by atoms with Gasteiger partial charge in [0.25, 0.3) is 0 Å². The first kappa shape index (κ1) is 20.1. The van der Waals surface area contributed by atoms with Gasteiger partial charge in [0.15, 0.2) is 0 Å². The van der Waals surface area contributed by atoms with E-state index >= 15 is 0 Å². The molecule has 4 aliphatic carbocycles. The standard InChI is InChI=1S/C26H34O4/c1-13(15-6-4-3-5-7-15)10-18-19-12-20(23-17-9-8-16(11-17)22(19)23)24(18)21(26(29)30)14(2)25(27)28/h3-7,13-14,16-24H,8-12H2,1-2H3,(H,27,28)(H,29,30). The Labute approximate surface area is 179 Å². The Balaban J connectivity index is 1.49. The lowest BCUT2D eigenvalue weighted by atomic mass is 9.57. The molecule has 4 heteroatoms. The summed E-state index contributed by atoms with van der Waals surface area (Å²) in [4.78, 5) is 24.2. The predicted octanol–water partition coefficient (Wildman–Crippen LogP) is 5.15. The van der Waals surface area contributed by atoms with Crippen molar-refractivity contribution >= 4 is 11.9 Å². The Morgan fingerprint density at radius 1 is 0.933 bits per heavy atom. The largest absolute Gasteiger partial charge is 0.481 e. The highest BCUT2D eigenvalue weighted by molar-refractivity contribution is 5.80. The van der Waals surface area contributed by atoms with Crippen molar-refractivity contribution in [1.29, 1.82) is 0 Å². The molecule has 1 aromatic rings. The van der Waals surface area contributed by atoms with E-state index in [2.05, 4.69) is 31.2 Å². The number of hydrogen-bond acceptors (Lipinski definition) is 2. The summed E-state index contributed by atoms with van der Waals surface area (Å²) in [6.45, 7) is 3.87. The van der Waals surface area contributed by atoms with Crippen LogP contribution in [0, 0.1) is 59.2 Å². The normalized spacial score (nSPS) is 41.4. The summed E-state index contributed by atoms with van der Waals surface area (Å²) in [5, 5.41) is 19.9. The van der Waals surface area contributed by atoms with Crippen LogP contribution in [0.25, 0.3) is 0 Å². The average Bonchev–Trinajstić information content (AvgIpc) is 3.48. The Kier molecular flexibility index (Phi) is 4.95. The van der Waals surface area contributed by atoms with E-state index in [1.54, 1.807) is 6.92 Å². The Bertz CT molecular complexity index is 820. The monoisotopic (exact) mass is 410 g/mol. The highest BCUT2D eigenvalue weighted by atomic mass is 16.4. The lowest BCUT2D eigenvalue weighted by Gasteiger charge is -2.46. The van der Waals surface area contributed by atoms with Gasteiger partial charge in [0, 0.05) is 0 Å². The van der Waals surface area contributed by atoms with Crippen LogP contribution in [-0.2, 0) is 9.59 Å². The SMILES string of the molecule is CC(CC1C2CC(C1C(C(=O)O)C(C)C(=O)O)C1C3CCC(C3)C21)c1ccccc1. The molecule has 2 N–H and O–H groups in total. The molecule has 0 amide bonds. The molecule has 4 saturated carbocycles. The lowest BCUT2D eigenvalue weighted by Crippen LogP contribution is -2.46. The topological polar surface area (TPSA) is 74.6 Å². The number of rotatable bonds is 7. The van der Waals surface area contributed by atoms with Crippen LogP contribution in [0.15, 0.2) is 30.3 Å². The van der Waals surface area contributed by atoms with Crippen molar-refractivity contribution in [3.8, 4) is 0 Å². The number of carboxylic acid groups (broad SMARTS) is 2. The van der Waals surface area contributed by atoms with Crippen molar-refractivity contribution in [2.45, 2.75) is 51.9 Å². The van der Waals surface area contributed by atoms with Crippen LogP contribution in [-0.4, -0.2) is 22.2 Å². The lowest BCUT2D eigenvalue weighted by molar-refractivity contribution is -0.159. The highest BCUT2D eigenvalue weighted by Gasteiger charge is 2.67. The summed E-state index contributed by atoms with van der Waals surface area (Å²) in [7, 11) is 0. The summed E-state index contributed by atoms with van der Waals surface area (Å²) in [6.07, 6.45) is 6.11. The Hall–Kier alpha value is -1.84. The summed E-state index contributed by atoms with van der Waals surface area (Å²) in [5.41, 5.74) is 1.31. The van der Waals surface area contributed by atoms with Crippen molar-refractivity contribution in [1.82, 2.24) is 0 Å². The molecule has 4 fully saturated rings. The minimum atomic E-state index is -0.968. The average molecular weight is 411 g/mol. The maximum Gasteiger partial charge on any atom is 0.307 e. The van der Waals surface area contributed by atoms with E-state index in [1.165, 1.54) is 24.8 Å². The molecule has 11 atom stereocenters. The van der Waals surface area contributed by atoms with Gasteiger partial charge in [-0.15, -0.1) is 0 Å². The quantitative estimate of drug-likeness (QED) is 0.610. The van der Waals surface area contributed by atoms with Crippen LogP contribution >= 0.6 is 0 Å². The molecule has 0 aliphatic heterocycles. The fourth-order valence-electron chi connectivity index (χ4n) is 8.81. The second-order valence-electron chi connectivity index (χ2n) is 10.8. The fourth-order valence-corrected chi connectivity index (χ4v) is 8.81. The van der Waals surface area contributed by atoms with Crippen LogP contribution < -0.4 is 0 Å². The number of carboxylic acids is 2. The van der Waals surface area contributed by atoms with Crippen LogP contribution in [0.4, 0.5) is 0 Å². The first-order valence-electron chi connectivity index (χ1n) is 11.9. The summed E-state index contributed by atoms with van der Waals surface area (Å²) < 4.78 is 0. The first-order chi connectivity index (χ1) is 14.4. The molecule has 0 spiro atoms. The molecule has 0 heterocycles. The van der Waals surface area contributed by atoms with E-state index in [0.717, 1.165) is 30.6 Å². The number of hydrogen-bond donors (Lipinski definition) is 2. The molecule has 4 nitrogen and oxygen atoms in total. The molecule has 0 aromatic heterocycles. The third-order valence-electron chi connectivity index (χ3n) is 9.74. The summed E-state index contributed by atoms with van der Waals surface area (Å²) >= 11 is 0. The number of fused-ring (bicyclic) bond motifs is 9. The molecule has 0 saturated heterocycles. The molecule has 30 heavy (non-hydrogen) atoms. The molecule has 5 rings (SSSR count). The van der Waals surface area contributed by atoms with Gasteiger partial charge in [0.1, 0.15) is 0 Å². The highest BCUT2D eigenvalue weighted by Crippen LogP contribution is 2.72. The molecule has 4 bridgehead atoms. The van der Waals surface area contributed by atoms with Crippen LogP contribution in [0.3, 0.4) is 0 Å². The minimum Gasteiger partial charge on any atom is -0.481 e. The molecule has 0 radical (unpaired) electrons. The molecular weight excluding hydrogens is 376 g/mol. The molecule has 4 aliphatic rings. The van der Waals surface area contributed by atoms with E-state index < -0.39 is 23.8 Å². The van der Waals surface area contributed by atoms with Crippen molar-refractivity contribution in [2.24, 2.45) is 59.2 Å². The van der Waals surface area contributed by atoms with Crippen LogP contribution in [0.5, 0.6) is 0 Å². The van der Waals surface area contributed by atoms with Crippen molar-refractivity contribution in [3.63, 3.8) is 0 Å². The minimum absolute atomic E-state index is 0.00497. The van der Waals surface area contributed by atoms with Gasteiger partial charge in [0.05, 0.1) is 11.8 Å². The van der Waals surface area contributed by atoms with Crippen molar-refractivity contribution in [3.05, 3.63) is 35.9 Å². The van der Waals surface area contributed by atoms with Crippen LogP contribution in [0.1, 0.15) is 57.4 Å². The Morgan fingerprint density at radius 2 is 1.57 bits per heavy atom. The van der Waals surface area contributed by atoms with E-state index in [-0.39, 0.29) is 5.92 Å². The van der Waals surface area contributed by atoms with Gasteiger partial charge in [-0.2, -0.15) is 0 Å². The van der Waals surface area contributed by atoms with Crippen LogP contribution in [0.2, 0.25) is 0 Å². The van der Waals surface area contributed by atoms with Gasteiger partial charge < -0.3 is 10.2 Å². The zero-order chi connectivity index (χ0) is 21.2. The fraction of sp³-hybridized carbons (Fsp3) is 0.692.